The van der Waals surface area contributed by atoms with E-state index in [0.717, 1.165) is 16.4 Å². The highest BCUT2D eigenvalue weighted by Gasteiger charge is 2.35. The molecule has 1 fully saturated rings. The number of nitrogens with one attached hydrogen (secondary N) is 1. The third kappa shape index (κ3) is 4.41. The van der Waals surface area contributed by atoms with Crippen LogP contribution in [0.3, 0.4) is 0 Å². The van der Waals surface area contributed by atoms with Gasteiger partial charge in [-0.05, 0) is 30.3 Å². The molecule has 0 unspecified atom stereocenters. The number of halogens is 3. The minimum Gasteiger partial charge on any atom is -0.366 e. The monoisotopic (exact) mass is 432 g/mol. The molecule has 1 N–H and O–H groups in total. The second kappa shape index (κ2) is 8.12. The van der Waals surface area contributed by atoms with E-state index in [9.17, 15) is 17.6 Å². The van der Waals surface area contributed by atoms with E-state index in [2.05, 4.69) is 5.32 Å². The number of hydrogen-bond acceptors (Lipinski definition) is 4. The van der Waals surface area contributed by atoms with Gasteiger partial charge in [0.15, 0.2) is 0 Å². The summed E-state index contributed by atoms with van der Waals surface area (Å²) in [5.41, 5.74) is 0.0800. The van der Waals surface area contributed by atoms with Crippen LogP contribution in [0.1, 0.15) is 0 Å². The van der Waals surface area contributed by atoms with Crippen molar-refractivity contribution in [1.82, 2.24) is 4.31 Å². The van der Waals surface area contributed by atoms with Crippen molar-refractivity contribution in [3.63, 3.8) is 0 Å². The van der Waals surface area contributed by atoms with Gasteiger partial charge < -0.3 is 10.1 Å². The number of ether oxygens (including phenoxy) is 1. The first-order valence-electron chi connectivity index (χ1n) is 7.91. The Kier molecular flexibility index (Phi) is 6.02. The molecule has 0 saturated carbocycles. The molecule has 27 heavy (non-hydrogen) atoms. The van der Waals surface area contributed by atoms with Crippen molar-refractivity contribution in [3.8, 4) is 0 Å². The number of hydrogen-bond donors (Lipinski definition) is 1. The molecule has 144 valence electrons. The van der Waals surface area contributed by atoms with Crippen molar-refractivity contribution in [2.45, 2.75) is 11.0 Å². The second-order valence-electron chi connectivity index (χ2n) is 5.77. The van der Waals surface area contributed by atoms with E-state index in [-0.39, 0.29) is 40.3 Å². The van der Waals surface area contributed by atoms with E-state index in [1.165, 1.54) is 18.2 Å². The molecule has 1 aliphatic rings. The standard InChI is InChI=1S/C17H15Cl2FN2O4S/c18-12-6-5-11(20)9-14(12)21-17(23)15-10-22(7-8-26-15)27(24,25)16-4-2-1-3-13(16)19/h1-6,9,15H,7-8,10H2,(H,21,23)/t15-/m1/s1. The van der Waals surface area contributed by atoms with Gasteiger partial charge in [-0.2, -0.15) is 4.31 Å². The van der Waals surface area contributed by atoms with E-state index >= 15 is 0 Å². The number of carbonyl (C=O) groups is 1. The Morgan fingerprint density at radius 1 is 1.19 bits per heavy atom. The molecular weight excluding hydrogens is 418 g/mol. The van der Waals surface area contributed by atoms with Crippen LogP contribution in [0.4, 0.5) is 10.1 Å². The van der Waals surface area contributed by atoms with E-state index < -0.39 is 27.9 Å². The highest BCUT2D eigenvalue weighted by atomic mass is 35.5. The van der Waals surface area contributed by atoms with Crippen LogP contribution in [0.5, 0.6) is 0 Å². The van der Waals surface area contributed by atoms with Crippen LogP contribution < -0.4 is 5.32 Å². The summed E-state index contributed by atoms with van der Waals surface area (Å²) < 4.78 is 45.5. The Labute approximate surface area is 165 Å². The van der Waals surface area contributed by atoms with Gasteiger partial charge in [-0.1, -0.05) is 35.3 Å². The summed E-state index contributed by atoms with van der Waals surface area (Å²) in [5, 5.41) is 2.71. The molecule has 2 aromatic carbocycles. The van der Waals surface area contributed by atoms with Gasteiger partial charge in [-0.25, -0.2) is 12.8 Å². The van der Waals surface area contributed by atoms with Crippen molar-refractivity contribution in [3.05, 3.63) is 58.3 Å². The first-order chi connectivity index (χ1) is 12.8. The molecule has 6 nitrogen and oxygen atoms in total. The number of morpholine rings is 1. The van der Waals surface area contributed by atoms with Gasteiger partial charge in [0.1, 0.15) is 16.8 Å². The fraction of sp³-hybridized carbons (Fsp3) is 0.235. The SMILES string of the molecule is O=C(Nc1cc(F)ccc1Cl)[C@H]1CN(S(=O)(=O)c2ccccc2Cl)CCO1. The first-order valence-corrected chi connectivity index (χ1v) is 10.1. The minimum absolute atomic E-state index is 0.0264. The first kappa shape index (κ1) is 20.0. The Hall–Kier alpha value is -1.71. The van der Waals surface area contributed by atoms with Crippen LogP contribution in [-0.4, -0.2) is 44.4 Å². The fourth-order valence-electron chi connectivity index (χ4n) is 2.60. The minimum atomic E-state index is -3.89. The van der Waals surface area contributed by atoms with Crippen molar-refractivity contribution in [2.24, 2.45) is 0 Å². The number of benzene rings is 2. The average Bonchev–Trinajstić information content (AvgIpc) is 2.65. The zero-order valence-electron chi connectivity index (χ0n) is 13.9. The number of sulfonamides is 1. The maximum Gasteiger partial charge on any atom is 0.254 e. The van der Waals surface area contributed by atoms with Crippen molar-refractivity contribution < 1.29 is 22.3 Å². The molecule has 1 aliphatic heterocycles. The number of amides is 1. The van der Waals surface area contributed by atoms with Gasteiger partial charge >= 0.3 is 0 Å². The normalized spacial score (nSPS) is 18.3. The van der Waals surface area contributed by atoms with Crippen LogP contribution in [0.2, 0.25) is 10.0 Å². The largest absolute Gasteiger partial charge is 0.366 e. The summed E-state index contributed by atoms with van der Waals surface area (Å²) in [6.45, 7) is -0.0942. The van der Waals surface area contributed by atoms with Crippen LogP contribution >= 0.6 is 23.2 Å². The summed E-state index contributed by atoms with van der Waals surface area (Å²) in [4.78, 5) is 12.4. The summed E-state index contributed by atoms with van der Waals surface area (Å²) in [7, 11) is -3.89. The smallest absolute Gasteiger partial charge is 0.254 e. The quantitative estimate of drug-likeness (QED) is 0.804. The van der Waals surface area contributed by atoms with Gasteiger partial charge in [0, 0.05) is 13.1 Å². The molecule has 1 atom stereocenters. The maximum atomic E-state index is 13.3. The third-order valence-electron chi connectivity index (χ3n) is 3.96. The summed E-state index contributed by atoms with van der Waals surface area (Å²) in [6, 6.07) is 9.60. The molecule has 0 bridgehead atoms. The average molecular weight is 433 g/mol. The Morgan fingerprint density at radius 3 is 2.67 bits per heavy atom. The lowest BCUT2D eigenvalue weighted by Gasteiger charge is -2.31. The molecule has 3 rings (SSSR count). The molecule has 0 aromatic heterocycles. The van der Waals surface area contributed by atoms with E-state index in [0.29, 0.717) is 0 Å². The Morgan fingerprint density at radius 2 is 1.93 bits per heavy atom. The molecule has 0 aliphatic carbocycles. The zero-order valence-corrected chi connectivity index (χ0v) is 16.2. The molecule has 1 heterocycles. The van der Waals surface area contributed by atoms with Gasteiger partial charge in [0.2, 0.25) is 10.0 Å². The molecular formula is C17H15Cl2FN2O4S. The van der Waals surface area contributed by atoms with Crippen LogP contribution in [0.15, 0.2) is 47.4 Å². The van der Waals surface area contributed by atoms with E-state index in [4.69, 9.17) is 27.9 Å². The second-order valence-corrected chi connectivity index (χ2v) is 8.49. The van der Waals surface area contributed by atoms with E-state index in [1.54, 1.807) is 12.1 Å². The summed E-state index contributed by atoms with van der Waals surface area (Å²) >= 11 is 11.9. The van der Waals surface area contributed by atoms with Crippen LogP contribution in [-0.2, 0) is 19.6 Å². The van der Waals surface area contributed by atoms with Crippen LogP contribution in [0.25, 0.3) is 0 Å². The molecule has 10 heteroatoms. The number of carbonyl (C=O) groups excluding carboxylic acids is 1. The topological polar surface area (TPSA) is 75.7 Å². The summed E-state index contributed by atoms with van der Waals surface area (Å²) in [6.07, 6.45) is -1.07. The van der Waals surface area contributed by atoms with Crippen molar-refractivity contribution in [1.29, 1.82) is 0 Å². The summed E-state index contributed by atoms with van der Waals surface area (Å²) in [5.74, 6) is -1.19. The molecule has 0 radical (unpaired) electrons. The van der Waals surface area contributed by atoms with Crippen molar-refractivity contribution in [2.75, 3.05) is 25.0 Å². The predicted molar refractivity (Wildman–Crippen MR) is 100.0 cm³/mol. The lowest BCUT2D eigenvalue weighted by molar-refractivity contribution is -0.130. The van der Waals surface area contributed by atoms with Gasteiger partial charge in [-0.15, -0.1) is 0 Å². The molecule has 2 aromatic rings. The molecule has 0 spiro atoms. The number of nitrogens with zero attached hydrogens (tertiary/aromatic N) is 1. The van der Waals surface area contributed by atoms with Gasteiger partial charge in [0.05, 0.1) is 22.3 Å². The highest BCUT2D eigenvalue weighted by Crippen LogP contribution is 2.26. The number of anilines is 1. The Bertz CT molecular complexity index is 971. The van der Waals surface area contributed by atoms with Gasteiger partial charge in [-0.3, -0.25) is 4.79 Å². The fourth-order valence-corrected chi connectivity index (χ4v) is 4.68. The molecule has 1 amide bonds. The maximum absolute atomic E-state index is 13.3. The number of rotatable bonds is 4. The highest BCUT2D eigenvalue weighted by molar-refractivity contribution is 7.89. The zero-order chi connectivity index (χ0) is 19.6. The predicted octanol–water partition coefficient (Wildman–Crippen LogP) is 3.16. The van der Waals surface area contributed by atoms with Crippen LogP contribution in [0, 0.1) is 5.82 Å². The lowest BCUT2D eigenvalue weighted by Crippen LogP contribution is -2.50. The Balaban J connectivity index is 1.77. The lowest BCUT2D eigenvalue weighted by atomic mass is 10.2. The van der Waals surface area contributed by atoms with E-state index in [1.807, 2.05) is 0 Å². The third-order valence-corrected chi connectivity index (χ3v) is 6.66. The van der Waals surface area contributed by atoms with Gasteiger partial charge in [0.25, 0.3) is 5.91 Å². The molecule has 1 saturated heterocycles. The van der Waals surface area contributed by atoms with Crippen molar-refractivity contribution >= 4 is 44.8 Å².